The molecule has 2 aliphatic rings. The second-order valence-corrected chi connectivity index (χ2v) is 9.47. The predicted molar refractivity (Wildman–Crippen MR) is 102 cm³/mol. The normalized spacial score (nSPS) is 20.2. The van der Waals surface area contributed by atoms with E-state index < -0.39 is 16.1 Å². The Kier molecular flexibility index (Phi) is 5.07. The van der Waals surface area contributed by atoms with Crippen molar-refractivity contribution in [2.45, 2.75) is 29.5 Å². The molecule has 0 bridgehead atoms. The Balaban J connectivity index is 1.54. The number of ether oxygens (including phenoxy) is 2. The molecule has 1 fully saturated rings. The van der Waals surface area contributed by atoms with Gasteiger partial charge in [0.15, 0.2) is 11.5 Å². The Labute approximate surface area is 161 Å². The van der Waals surface area contributed by atoms with Crippen LogP contribution >= 0.6 is 11.3 Å². The van der Waals surface area contributed by atoms with E-state index in [4.69, 9.17) is 9.47 Å². The molecule has 3 heterocycles. The van der Waals surface area contributed by atoms with Gasteiger partial charge in [-0.25, -0.2) is 8.42 Å². The number of carbonyl (C=O) groups is 1. The zero-order chi connectivity index (χ0) is 18.9. The number of piperidine rings is 1. The summed E-state index contributed by atoms with van der Waals surface area (Å²) in [7, 11) is -3.67. The summed E-state index contributed by atoms with van der Waals surface area (Å²) in [6.45, 7) is 1.30. The minimum atomic E-state index is -3.67. The van der Waals surface area contributed by atoms with Gasteiger partial charge in [0.05, 0.1) is 0 Å². The topological polar surface area (TPSA) is 84.9 Å². The Morgan fingerprint density at radius 2 is 1.96 bits per heavy atom. The van der Waals surface area contributed by atoms with E-state index in [2.05, 4.69) is 5.32 Å². The van der Waals surface area contributed by atoms with Crippen LogP contribution in [0.25, 0.3) is 0 Å². The molecule has 0 saturated carbocycles. The number of amides is 1. The number of benzene rings is 1. The molecule has 9 heteroatoms. The monoisotopic (exact) mass is 408 g/mol. The van der Waals surface area contributed by atoms with Crippen LogP contribution in [0.15, 0.2) is 39.9 Å². The van der Waals surface area contributed by atoms with E-state index >= 15 is 0 Å². The van der Waals surface area contributed by atoms with Crippen molar-refractivity contribution in [1.82, 2.24) is 4.31 Å². The van der Waals surface area contributed by atoms with Gasteiger partial charge in [-0.3, -0.25) is 4.79 Å². The van der Waals surface area contributed by atoms with Crippen LogP contribution in [-0.4, -0.2) is 44.4 Å². The van der Waals surface area contributed by atoms with Gasteiger partial charge in [-0.15, -0.1) is 11.3 Å². The summed E-state index contributed by atoms with van der Waals surface area (Å²) in [5.41, 5.74) is 0.559. The van der Waals surface area contributed by atoms with Gasteiger partial charge in [0, 0.05) is 18.3 Å². The highest BCUT2D eigenvalue weighted by atomic mass is 32.2. The van der Waals surface area contributed by atoms with Crippen molar-refractivity contribution >= 4 is 33.0 Å². The SMILES string of the molecule is O=C(Nc1ccc2c(c1)OCCO2)C1CCCCN1S(=O)(=O)c1cccs1. The number of anilines is 1. The van der Waals surface area contributed by atoms with Crippen LogP contribution in [0.5, 0.6) is 11.5 Å². The van der Waals surface area contributed by atoms with Gasteiger partial charge in [0.25, 0.3) is 10.0 Å². The Morgan fingerprint density at radius 1 is 1.15 bits per heavy atom. The summed E-state index contributed by atoms with van der Waals surface area (Å²) in [5, 5.41) is 4.56. The maximum Gasteiger partial charge on any atom is 0.253 e. The van der Waals surface area contributed by atoms with Crippen LogP contribution in [0, 0.1) is 0 Å². The molecule has 0 radical (unpaired) electrons. The smallest absolute Gasteiger partial charge is 0.253 e. The second kappa shape index (κ2) is 7.49. The number of hydrogen-bond donors (Lipinski definition) is 1. The molecule has 1 aromatic carbocycles. The van der Waals surface area contributed by atoms with Gasteiger partial charge in [-0.2, -0.15) is 4.31 Å². The van der Waals surface area contributed by atoms with Gasteiger partial charge in [0.2, 0.25) is 5.91 Å². The third-order valence-electron chi connectivity index (χ3n) is 4.62. The first-order valence-corrected chi connectivity index (χ1v) is 11.1. The molecule has 1 aromatic heterocycles. The van der Waals surface area contributed by atoms with E-state index in [0.717, 1.165) is 24.2 Å². The second-order valence-electron chi connectivity index (χ2n) is 6.41. The quantitative estimate of drug-likeness (QED) is 0.841. The summed E-state index contributed by atoms with van der Waals surface area (Å²) in [6.07, 6.45) is 2.06. The van der Waals surface area contributed by atoms with Crippen molar-refractivity contribution in [1.29, 1.82) is 0 Å². The van der Waals surface area contributed by atoms with E-state index in [-0.39, 0.29) is 10.1 Å². The Hall–Kier alpha value is -2.10. The zero-order valence-corrected chi connectivity index (χ0v) is 16.2. The molecular formula is C18H20N2O5S2. The zero-order valence-electron chi connectivity index (χ0n) is 14.6. The van der Waals surface area contributed by atoms with Crippen LogP contribution in [0.3, 0.4) is 0 Å². The first-order valence-electron chi connectivity index (χ1n) is 8.81. The summed E-state index contributed by atoms with van der Waals surface area (Å²) in [4.78, 5) is 12.9. The number of fused-ring (bicyclic) bond motifs is 1. The van der Waals surface area contributed by atoms with Crippen LogP contribution in [0.2, 0.25) is 0 Å². The number of sulfonamides is 1. The molecule has 2 aromatic rings. The summed E-state index contributed by atoms with van der Waals surface area (Å²) in [5.74, 6) is 0.885. The molecule has 144 valence electrons. The molecule has 4 rings (SSSR count). The van der Waals surface area contributed by atoms with Crippen molar-refractivity contribution in [3.63, 3.8) is 0 Å². The molecule has 27 heavy (non-hydrogen) atoms. The predicted octanol–water partition coefficient (Wildman–Crippen LogP) is 2.70. The molecule has 0 spiro atoms. The third-order valence-corrected chi connectivity index (χ3v) is 7.91. The molecule has 2 aliphatic heterocycles. The van der Waals surface area contributed by atoms with E-state index in [1.54, 1.807) is 35.7 Å². The lowest BCUT2D eigenvalue weighted by molar-refractivity contribution is -0.120. The number of nitrogens with one attached hydrogen (secondary N) is 1. The minimum absolute atomic E-state index is 0.265. The van der Waals surface area contributed by atoms with Gasteiger partial charge >= 0.3 is 0 Å². The Bertz CT molecular complexity index is 927. The fourth-order valence-electron chi connectivity index (χ4n) is 3.33. The first kappa shape index (κ1) is 18.3. The molecular weight excluding hydrogens is 388 g/mol. The molecule has 7 nitrogen and oxygen atoms in total. The third kappa shape index (κ3) is 3.67. The molecule has 1 atom stereocenters. The van der Waals surface area contributed by atoms with Crippen molar-refractivity contribution in [3.8, 4) is 11.5 Å². The van der Waals surface area contributed by atoms with Gasteiger partial charge in [0.1, 0.15) is 23.5 Å². The molecule has 1 amide bonds. The average molecular weight is 409 g/mol. The lowest BCUT2D eigenvalue weighted by atomic mass is 10.0. The van der Waals surface area contributed by atoms with Crippen LogP contribution in [-0.2, 0) is 14.8 Å². The highest BCUT2D eigenvalue weighted by Gasteiger charge is 2.38. The minimum Gasteiger partial charge on any atom is -0.486 e. The fourth-order valence-corrected chi connectivity index (χ4v) is 6.10. The number of rotatable bonds is 4. The van der Waals surface area contributed by atoms with E-state index in [9.17, 15) is 13.2 Å². The Morgan fingerprint density at radius 3 is 2.74 bits per heavy atom. The van der Waals surface area contributed by atoms with E-state index in [1.165, 1.54) is 4.31 Å². The molecule has 0 aliphatic carbocycles. The van der Waals surface area contributed by atoms with Gasteiger partial charge in [-0.1, -0.05) is 12.5 Å². The largest absolute Gasteiger partial charge is 0.486 e. The number of hydrogen-bond acceptors (Lipinski definition) is 6. The maximum atomic E-state index is 12.9. The van der Waals surface area contributed by atoms with E-state index in [0.29, 0.717) is 43.4 Å². The fraction of sp³-hybridized carbons (Fsp3) is 0.389. The molecule has 1 N–H and O–H groups in total. The number of nitrogens with zero attached hydrogens (tertiary/aromatic N) is 1. The van der Waals surface area contributed by atoms with Gasteiger partial charge < -0.3 is 14.8 Å². The van der Waals surface area contributed by atoms with Crippen molar-refractivity contribution in [2.24, 2.45) is 0 Å². The molecule has 1 saturated heterocycles. The van der Waals surface area contributed by atoms with Crippen molar-refractivity contribution in [2.75, 3.05) is 25.1 Å². The summed E-state index contributed by atoms with van der Waals surface area (Å²) >= 11 is 1.16. The van der Waals surface area contributed by atoms with Gasteiger partial charge in [-0.05, 0) is 36.4 Å². The lowest BCUT2D eigenvalue weighted by Gasteiger charge is -2.33. The van der Waals surface area contributed by atoms with Crippen molar-refractivity contribution < 1.29 is 22.7 Å². The maximum absolute atomic E-state index is 12.9. The summed E-state index contributed by atoms with van der Waals surface area (Å²) in [6, 6.07) is 7.72. The van der Waals surface area contributed by atoms with Crippen molar-refractivity contribution in [3.05, 3.63) is 35.7 Å². The highest BCUT2D eigenvalue weighted by molar-refractivity contribution is 7.91. The van der Waals surface area contributed by atoms with E-state index in [1.807, 2.05) is 0 Å². The molecule has 1 unspecified atom stereocenters. The number of carbonyl (C=O) groups excluding carboxylic acids is 1. The van der Waals surface area contributed by atoms with Crippen LogP contribution < -0.4 is 14.8 Å². The van der Waals surface area contributed by atoms with Crippen LogP contribution in [0.4, 0.5) is 5.69 Å². The average Bonchev–Trinajstić information content (AvgIpc) is 3.23. The first-order chi connectivity index (χ1) is 13.1. The summed E-state index contributed by atoms with van der Waals surface area (Å²) < 4.78 is 38.5. The van der Waals surface area contributed by atoms with Crippen LogP contribution in [0.1, 0.15) is 19.3 Å². The highest BCUT2D eigenvalue weighted by Crippen LogP contribution is 2.33. The number of thiophene rings is 1. The standard InChI is InChI=1S/C18H20N2O5S2/c21-18(19-13-6-7-15-16(12-13)25-10-9-24-15)14-4-1-2-8-20(14)27(22,23)17-5-3-11-26-17/h3,5-7,11-12,14H,1-2,4,8-10H2,(H,19,21). The lowest BCUT2D eigenvalue weighted by Crippen LogP contribution is -2.49.